The molecule has 0 bridgehead atoms. The van der Waals surface area contributed by atoms with E-state index in [1.54, 1.807) is 0 Å². The van der Waals surface area contributed by atoms with Gasteiger partial charge in [-0.25, -0.2) is 0 Å². The van der Waals surface area contributed by atoms with Crippen LogP contribution < -0.4 is 0 Å². The zero-order valence-corrected chi connectivity index (χ0v) is 14.1. The minimum Gasteiger partial charge on any atom is -0.337 e. The van der Waals surface area contributed by atoms with Crippen molar-refractivity contribution in [3.63, 3.8) is 0 Å². The van der Waals surface area contributed by atoms with E-state index in [1.165, 1.54) is 12.0 Å². The molecule has 1 heterocycles. The normalized spacial score (nSPS) is 20.9. The van der Waals surface area contributed by atoms with Gasteiger partial charge in [0, 0.05) is 31.2 Å². The maximum Gasteiger partial charge on any atom is 0.274 e. The van der Waals surface area contributed by atoms with Crippen molar-refractivity contribution in [1.29, 1.82) is 0 Å². The summed E-state index contributed by atoms with van der Waals surface area (Å²) in [5.74, 6) is 0.453. The van der Waals surface area contributed by atoms with Gasteiger partial charge >= 0.3 is 0 Å². The van der Waals surface area contributed by atoms with Gasteiger partial charge in [-0.1, -0.05) is 36.8 Å². The van der Waals surface area contributed by atoms with E-state index in [4.69, 9.17) is 0 Å². The lowest BCUT2D eigenvalue weighted by atomic mass is 9.93. The summed E-state index contributed by atoms with van der Waals surface area (Å²) < 4.78 is 1.84. The van der Waals surface area contributed by atoms with Crippen molar-refractivity contribution in [2.45, 2.75) is 51.1 Å². The van der Waals surface area contributed by atoms with E-state index in [-0.39, 0.29) is 18.0 Å². The lowest BCUT2D eigenvalue weighted by Gasteiger charge is -2.29. The number of aromatic nitrogens is 2. The molecule has 1 fully saturated rings. The van der Waals surface area contributed by atoms with E-state index >= 15 is 0 Å². The summed E-state index contributed by atoms with van der Waals surface area (Å²) in [5, 5.41) is 4.43. The third-order valence-electron chi connectivity index (χ3n) is 4.88. The van der Waals surface area contributed by atoms with Gasteiger partial charge in [-0.2, -0.15) is 5.10 Å². The Hall–Kier alpha value is -2.10. The lowest BCUT2D eigenvalue weighted by Crippen LogP contribution is -2.38. The molecule has 2 atom stereocenters. The van der Waals surface area contributed by atoms with E-state index in [1.807, 2.05) is 35.0 Å². The Labute approximate surface area is 138 Å². The third kappa shape index (κ3) is 3.16. The van der Waals surface area contributed by atoms with Gasteiger partial charge in [-0.15, -0.1) is 0 Å². The van der Waals surface area contributed by atoms with Crippen LogP contribution in [0.4, 0.5) is 0 Å². The highest BCUT2D eigenvalue weighted by Gasteiger charge is 2.34. The predicted molar refractivity (Wildman–Crippen MR) is 91.5 cm³/mol. The zero-order chi connectivity index (χ0) is 16.4. The molecule has 1 aliphatic carbocycles. The predicted octanol–water partition coefficient (Wildman–Crippen LogP) is 3.87. The zero-order valence-electron chi connectivity index (χ0n) is 14.1. The number of amides is 1. The number of carbonyl (C=O) groups is 1. The molecule has 0 radical (unpaired) electrons. The molecule has 3 rings (SSSR count). The Morgan fingerprint density at radius 3 is 2.61 bits per heavy atom. The van der Waals surface area contributed by atoms with Crippen molar-refractivity contribution in [1.82, 2.24) is 14.7 Å². The Morgan fingerprint density at radius 1 is 1.22 bits per heavy atom. The lowest BCUT2D eigenvalue weighted by molar-refractivity contribution is 0.0715. The topological polar surface area (TPSA) is 38.1 Å². The van der Waals surface area contributed by atoms with Gasteiger partial charge in [0.1, 0.15) is 5.69 Å². The molecule has 1 aromatic carbocycles. The summed E-state index contributed by atoms with van der Waals surface area (Å²) in [6.07, 6.45) is 5.26. The highest BCUT2D eigenvalue weighted by molar-refractivity contribution is 5.92. The quantitative estimate of drug-likeness (QED) is 0.859. The van der Waals surface area contributed by atoms with Crippen LogP contribution in [-0.4, -0.2) is 33.7 Å². The van der Waals surface area contributed by atoms with E-state index in [0.717, 1.165) is 12.8 Å². The molecule has 4 nitrogen and oxygen atoms in total. The van der Waals surface area contributed by atoms with Gasteiger partial charge < -0.3 is 4.90 Å². The van der Waals surface area contributed by atoms with Crippen molar-refractivity contribution in [3.8, 4) is 0 Å². The molecule has 1 aromatic heterocycles. The third-order valence-corrected chi connectivity index (χ3v) is 4.88. The number of rotatable bonds is 4. The van der Waals surface area contributed by atoms with Gasteiger partial charge in [0.15, 0.2) is 0 Å². The van der Waals surface area contributed by atoms with Crippen LogP contribution in [0, 0.1) is 0 Å². The van der Waals surface area contributed by atoms with Crippen LogP contribution >= 0.6 is 0 Å². The fourth-order valence-corrected chi connectivity index (χ4v) is 3.56. The highest BCUT2D eigenvalue weighted by Crippen LogP contribution is 2.37. The minimum absolute atomic E-state index is 0.0252. The molecular weight excluding hydrogens is 286 g/mol. The molecule has 2 aromatic rings. The molecular formula is C19H25N3O. The summed E-state index contributed by atoms with van der Waals surface area (Å²) in [4.78, 5) is 14.7. The standard InChI is InChI=1S/C19H25N3O/c1-14(2)22-13-12-17(20-22)19(23)21(3)18-11-7-10-16(18)15-8-5-4-6-9-15/h4-6,8-9,12-14,16,18H,7,10-11H2,1-3H3/t16-,18-/m0/s1. The maximum absolute atomic E-state index is 12.8. The first-order valence-corrected chi connectivity index (χ1v) is 8.45. The monoisotopic (exact) mass is 311 g/mol. The number of nitrogens with zero attached hydrogens (tertiary/aromatic N) is 3. The fourth-order valence-electron chi connectivity index (χ4n) is 3.56. The summed E-state index contributed by atoms with van der Waals surface area (Å²) in [6, 6.07) is 12.9. The van der Waals surface area contributed by atoms with Gasteiger partial charge in [-0.05, 0) is 38.3 Å². The van der Waals surface area contributed by atoms with E-state index in [0.29, 0.717) is 11.6 Å². The van der Waals surface area contributed by atoms with Crippen molar-refractivity contribution in [3.05, 3.63) is 53.9 Å². The number of hydrogen-bond donors (Lipinski definition) is 0. The van der Waals surface area contributed by atoms with Crippen LogP contribution in [0.25, 0.3) is 0 Å². The van der Waals surface area contributed by atoms with Crippen LogP contribution in [0.15, 0.2) is 42.6 Å². The largest absolute Gasteiger partial charge is 0.337 e. The van der Waals surface area contributed by atoms with E-state index in [9.17, 15) is 4.79 Å². The van der Waals surface area contributed by atoms with Crippen molar-refractivity contribution in [2.24, 2.45) is 0 Å². The molecule has 1 amide bonds. The molecule has 0 aliphatic heterocycles. The van der Waals surface area contributed by atoms with Crippen LogP contribution in [0.5, 0.6) is 0 Å². The molecule has 0 spiro atoms. The van der Waals surface area contributed by atoms with Crippen molar-refractivity contribution < 1.29 is 4.79 Å². The fraction of sp³-hybridized carbons (Fsp3) is 0.474. The molecule has 1 saturated carbocycles. The first kappa shape index (κ1) is 15.8. The molecule has 0 saturated heterocycles. The number of hydrogen-bond acceptors (Lipinski definition) is 2. The molecule has 0 N–H and O–H groups in total. The molecule has 1 aliphatic rings. The summed E-state index contributed by atoms with van der Waals surface area (Å²) in [7, 11) is 1.92. The second-order valence-corrected chi connectivity index (χ2v) is 6.71. The molecule has 23 heavy (non-hydrogen) atoms. The average Bonchev–Trinajstić information content (AvgIpc) is 3.23. The van der Waals surface area contributed by atoms with Gasteiger partial charge in [0.2, 0.25) is 0 Å². The smallest absolute Gasteiger partial charge is 0.274 e. The number of likely N-dealkylation sites (N-methyl/N-ethyl adjacent to an activating group) is 1. The minimum atomic E-state index is 0.0252. The molecule has 4 heteroatoms. The second kappa shape index (κ2) is 6.57. The van der Waals surface area contributed by atoms with Crippen LogP contribution in [-0.2, 0) is 0 Å². The van der Waals surface area contributed by atoms with E-state index < -0.39 is 0 Å². The Bertz CT molecular complexity index is 662. The second-order valence-electron chi connectivity index (χ2n) is 6.71. The van der Waals surface area contributed by atoms with Crippen LogP contribution in [0.1, 0.15) is 61.1 Å². The Kier molecular flexibility index (Phi) is 4.51. The van der Waals surface area contributed by atoms with Gasteiger partial charge in [-0.3, -0.25) is 9.48 Å². The maximum atomic E-state index is 12.8. The van der Waals surface area contributed by atoms with Crippen LogP contribution in [0.3, 0.4) is 0 Å². The van der Waals surface area contributed by atoms with Gasteiger partial charge in [0.25, 0.3) is 5.91 Å². The Morgan fingerprint density at radius 2 is 1.96 bits per heavy atom. The summed E-state index contributed by atoms with van der Waals surface area (Å²) >= 11 is 0. The number of carbonyl (C=O) groups excluding carboxylic acids is 1. The Balaban J connectivity index is 1.78. The highest BCUT2D eigenvalue weighted by atomic mass is 16.2. The average molecular weight is 311 g/mol. The number of benzene rings is 1. The van der Waals surface area contributed by atoms with E-state index in [2.05, 4.69) is 43.2 Å². The van der Waals surface area contributed by atoms with Crippen molar-refractivity contribution in [2.75, 3.05) is 7.05 Å². The summed E-state index contributed by atoms with van der Waals surface area (Å²) in [6.45, 7) is 4.13. The first-order valence-electron chi connectivity index (χ1n) is 8.45. The van der Waals surface area contributed by atoms with Crippen molar-refractivity contribution >= 4 is 5.91 Å². The van der Waals surface area contributed by atoms with Crippen LogP contribution in [0.2, 0.25) is 0 Å². The van der Waals surface area contributed by atoms with Gasteiger partial charge in [0.05, 0.1) is 0 Å². The first-order chi connectivity index (χ1) is 11.1. The molecule has 0 unspecified atom stereocenters. The summed E-state index contributed by atoms with van der Waals surface area (Å²) in [5.41, 5.74) is 1.88. The SMILES string of the molecule is CC(C)n1ccc(C(=O)N(C)[C@H]2CCC[C@H]2c2ccccc2)n1. The molecule has 122 valence electrons.